The summed E-state index contributed by atoms with van der Waals surface area (Å²) < 4.78 is 39.2. The number of hydrogen-bond donors (Lipinski definition) is 0. The molecule has 1 amide bonds. The third-order valence-electron chi connectivity index (χ3n) is 6.81. The van der Waals surface area contributed by atoms with Crippen LogP contribution in [0.5, 0.6) is 11.5 Å². The van der Waals surface area contributed by atoms with Gasteiger partial charge in [0.25, 0.3) is 0 Å². The Morgan fingerprint density at radius 2 is 1.55 bits per heavy atom. The lowest BCUT2D eigenvalue weighted by atomic mass is 10.1. The lowest BCUT2D eigenvalue weighted by molar-refractivity contribution is -0.133. The molecule has 38 heavy (non-hydrogen) atoms. The van der Waals surface area contributed by atoms with Gasteiger partial charge in [-0.15, -0.1) is 0 Å². The van der Waals surface area contributed by atoms with Crippen molar-refractivity contribution in [2.75, 3.05) is 39.5 Å². The van der Waals surface area contributed by atoms with Crippen LogP contribution in [0.4, 0.5) is 0 Å². The van der Waals surface area contributed by atoms with Gasteiger partial charge in [-0.3, -0.25) is 9.69 Å². The van der Waals surface area contributed by atoms with Crippen LogP contribution in [0.15, 0.2) is 71.6 Å². The van der Waals surface area contributed by atoms with E-state index in [1.165, 1.54) is 16.4 Å². The molecule has 0 aromatic heterocycles. The van der Waals surface area contributed by atoms with Crippen molar-refractivity contribution in [2.24, 2.45) is 0 Å². The van der Waals surface area contributed by atoms with Crippen LogP contribution in [0.3, 0.4) is 0 Å². The first-order valence-electron chi connectivity index (χ1n) is 12.5. The van der Waals surface area contributed by atoms with Gasteiger partial charge in [0.2, 0.25) is 22.7 Å². The van der Waals surface area contributed by atoms with Crippen molar-refractivity contribution in [1.29, 1.82) is 0 Å². The molecule has 200 valence electrons. The summed E-state index contributed by atoms with van der Waals surface area (Å²) in [7, 11) is -3.92. The highest BCUT2D eigenvalue weighted by atomic mass is 35.5. The summed E-state index contributed by atoms with van der Waals surface area (Å²) in [6.07, 6.45) is 0. The van der Waals surface area contributed by atoms with Gasteiger partial charge >= 0.3 is 0 Å². The van der Waals surface area contributed by atoms with Gasteiger partial charge in [-0.1, -0.05) is 47.5 Å². The molecule has 1 saturated heterocycles. The van der Waals surface area contributed by atoms with Crippen LogP contribution in [0, 0.1) is 6.92 Å². The minimum atomic E-state index is -3.92. The van der Waals surface area contributed by atoms with Crippen LogP contribution in [0.1, 0.15) is 16.7 Å². The molecule has 0 saturated carbocycles. The Balaban J connectivity index is 1.25. The topological polar surface area (TPSA) is 79.4 Å². The number of benzene rings is 3. The molecule has 8 nitrogen and oxygen atoms in total. The molecule has 2 aliphatic rings. The monoisotopic (exact) mass is 555 g/mol. The van der Waals surface area contributed by atoms with Crippen molar-refractivity contribution in [1.82, 2.24) is 14.1 Å². The van der Waals surface area contributed by atoms with Crippen molar-refractivity contribution >= 4 is 27.5 Å². The summed E-state index contributed by atoms with van der Waals surface area (Å²) in [4.78, 5) is 17.5. The maximum atomic E-state index is 13.6. The molecule has 0 atom stereocenters. The first kappa shape index (κ1) is 26.5. The molecule has 2 heterocycles. The molecular weight excluding hydrogens is 526 g/mol. The number of nitrogens with zero attached hydrogens (tertiary/aromatic N) is 3. The highest BCUT2D eigenvalue weighted by molar-refractivity contribution is 7.89. The first-order valence-corrected chi connectivity index (χ1v) is 14.3. The number of carbonyl (C=O) groups is 1. The van der Waals surface area contributed by atoms with E-state index in [0.717, 1.165) is 34.7 Å². The van der Waals surface area contributed by atoms with Crippen molar-refractivity contribution in [3.63, 3.8) is 0 Å². The van der Waals surface area contributed by atoms with Crippen LogP contribution in [0.2, 0.25) is 5.02 Å². The number of aryl methyl sites for hydroxylation is 1. The molecule has 0 radical (unpaired) electrons. The second-order valence-electron chi connectivity index (χ2n) is 9.56. The molecule has 5 rings (SSSR count). The van der Waals surface area contributed by atoms with Crippen molar-refractivity contribution in [3.05, 3.63) is 88.4 Å². The number of ether oxygens (including phenoxy) is 2. The van der Waals surface area contributed by atoms with E-state index in [2.05, 4.69) is 4.90 Å². The van der Waals surface area contributed by atoms with Crippen LogP contribution >= 0.6 is 11.6 Å². The maximum Gasteiger partial charge on any atom is 0.243 e. The number of carbonyl (C=O) groups excluding carboxylic acids is 1. The largest absolute Gasteiger partial charge is 0.454 e. The molecule has 0 unspecified atom stereocenters. The molecule has 1 fully saturated rings. The SMILES string of the molecule is Cc1ccc(CN(CC(=O)N2CCN(Cc3ccc4c(c3)OCO4)CC2)S(=O)(=O)c2ccc(Cl)cc2)cc1. The van der Waals surface area contributed by atoms with Crippen molar-refractivity contribution in [2.45, 2.75) is 24.9 Å². The molecule has 3 aromatic rings. The number of rotatable bonds is 8. The average molecular weight is 556 g/mol. The second-order valence-corrected chi connectivity index (χ2v) is 11.9. The molecule has 10 heteroatoms. The smallest absolute Gasteiger partial charge is 0.243 e. The Labute approximate surface area is 228 Å². The predicted octanol–water partition coefficient (Wildman–Crippen LogP) is 3.91. The standard InChI is InChI=1S/C28H30ClN3O5S/c1-21-2-4-22(5-3-21)18-32(38(34,35)25-9-7-24(29)8-10-25)19-28(33)31-14-12-30(13-15-31)17-23-6-11-26-27(16-23)37-20-36-26/h2-11,16H,12-15,17-20H2,1H3. The third-order valence-corrected chi connectivity index (χ3v) is 8.87. The Morgan fingerprint density at radius 1 is 0.895 bits per heavy atom. The average Bonchev–Trinajstić information content (AvgIpc) is 3.38. The number of halogens is 1. The van der Waals surface area contributed by atoms with Gasteiger partial charge < -0.3 is 14.4 Å². The Morgan fingerprint density at radius 3 is 2.26 bits per heavy atom. The van der Waals surface area contributed by atoms with E-state index in [1.807, 2.05) is 49.4 Å². The molecule has 0 bridgehead atoms. The quantitative estimate of drug-likeness (QED) is 0.419. The Kier molecular flexibility index (Phi) is 7.90. The number of amides is 1. The summed E-state index contributed by atoms with van der Waals surface area (Å²) >= 11 is 5.97. The van der Waals surface area contributed by atoms with E-state index >= 15 is 0 Å². The van der Waals surface area contributed by atoms with E-state index < -0.39 is 10.0 Å². The number of fused-ring (bicyclic) bond motifs is 1. The van der Waals surface area contributed by atoms with E-state index in [1.54, 1.807) is 17.0 Å². The number of hydrogen-bond acceptors (Lipinski definition) is 6. The Hall–Kier alpha value is -3.11. The first-order chi connectivity index (χ1) is 18.3. The van der Waals surface area contributed by atoms with E-state index in [4.69, 9.17) is 21.1 Å². The summed E-state index contributed by atoms with van der Waals surface area (Å²) in [5.74, 6) is 1.30. The number of sulfonamides is 1. The summed E-state index contributed by atoms with van der Waals surface area (Å²) in [5, 5.41) is 0.448. The fourth-order valence-corrected chi connectivity index (χ4v) is 6.09. The van der Waals surface area contributed by atoms with Crippen molar-refractivity contribution < 1.29 is 22.7 Å². The third kappa shape index (κ3) is 6.13. The van der Waals surface area contributed by atoms with Gasteiger partial charge in [0, 0.05) is 44.3 Å². The van der Waals surface area contributed by atoms with E-state index in [9.17, 15) is 13.2 Å². The molecule has 2 aliphatic heterocycles. The molecule has 0 N–H and O–H groups in total. The van der Waals surface area contributed by atoms with Gasteiger partial charge in [0.15, 0.2) is 11.5 Å². The van der Waals surface area contributed by atoms with Gasteiger partial charge in [-0.2, -0.15) is 4.31 Å². The highest BCUT2D eigenvalue weighted by Gasteiger charge is 2.30. The fourth-order valence-electron chi connectivity index (χ4n) is 4.58. The van der Waals surface area contributed by atoms with Gasteiger partial charge in [-0.25, -0.2) is 8.42 Å². The summed E-state index contributed by atoms with van der Waals surface area (Å²) in [5.41, 5.74) is 3.01. The minimum absolute atomic E-state index is 0.0983. The van der Waals surface area contributed by atoms with E-state index in [0.29, 0.717) is 31.2 Å². The van der Waals surface area contributed by atoms with Crippen LogP contribution in [0.25, 0.3) is 0 Å². The molecule has 0 aliphatic carbocycles. The maximum absolute atomic E-state index is 13.6. The van der Waals surface area contributed by atoms with E-state index in [-0.39, 0.29) is 30.7 Å². The zero-order valence-electron chi connectivity index (χ0n) is 21.2. The van der Waals surface area contributed by atoms with Crippen molar-refractivity contribution in [3.8, 4) is 11.5 Å². The van der Waals surface area contributed by atoms with Gasteiger partial charge in [-0.05, 0) is 54.4 Å². The normalized spacial score (nSPS) is 15.7. The summed E-state index contributed by atoms with van der Waals surface area (Å²) in [6.45, 7) is 5.27. The molecule has 3 aromatic carbocycles. The zero-order chi connectivity index (χ0) is 26.7. The number of piperazine rings is 1. The molecular formula is C28H30ClN3O5S. The zero-order valence-corrected chi connectivity index (χ0v) is 22.7. The van der Waals surface area contributed by atoms with Gasteiger partial charge in [0.05, 0.1) is 11.4 Å². The fraction of sp³-hybridized carbons (Fsp3) is 0.321. The molecule has 0 spiro atoms. The minimum Gasteiger partial charge on any atom is -0.454 e. The lowest BCUT2D eigenvalue weighted by Crippen LogP contribution is -2.51. The predicted molar refractivity (Wildman–Crippen MR) is 145 cm³/mol. The van der Waals surface area contributed by atoms with Crippen LogP contribution in [-0.4, -0.2) is 67.9 Å². The highest BCUT2D eigenvalue weighted by Crippen LogP contribution is 2.33. The van der Waals surface area contributed by atoms with Gasteiger partial charge in [0.1, 0.15) is 0 Å². The summed E-state index contributed by atoms with van der Waals surface area (Å²) in [6, 6.07) is 19.6. The lowest BCUT2D eigenvalue weighted by Gasteiger charge is -2.35. The Bertz CT molecular complexity index is 1390. The van der Waals surface area contributed by atoms with Crippen LogP contribution < -0.4 is 9.47 Å². The van der Waals surface area contributed by atoms with Crippen LogP contribution in [-0.2, 0) is 27.9 Å². The second kappa shape index (κ2) is 11.3.